The average molecular weight is 343 g/mol. The molecule has 1 unspecified atom stereocenters. The fourth-order valence-corrected chi connectivity index (χ4v) is 3.12. The molecule has 0 fully saturated rings. The van der Waals surface area contributed by atoms with Crippen LogP contribution in [0.5, 0.6) is 11.5 Å². The molecule has 0 aliphatic carbocycles. The van der Waals surface area contributed by atoms with Crippen LogP contribution in [-0.2, 0) is 4.79 Å². The number of carbonyl (C=O) groups excluding carboxylic acids is 1. The van der Waals surface area contributed by atoms with Gasteiger partial charge < -0.3 is 15.5 Å². The minimum atomic E-state index is -0.695. The summed E-state index contributed by atoms with van der Waals surface area (Å²) in [7, 11) is 0. The van der Waals surface area contributed by atoms with Crippen LogP contribution in [0.3, 0.4) is 0 Å². The number of carbonyl (C=O) groups is 1. The van der Waals surface area contributed by atoms with Gasteiger partial charge >= 0.3 is 0 Å². The van der Waals surface area contributed by atoms with Crippen molar-refractivity contribution in [1.29, 1.82) is 0 Å². The average Bonchev–Trinajstić information content (AvgIpc) is 2.51. The van der Waals surface area contributed by atoms with Crippen LogP contribution in [0.25, 0.3) is 16.6 Å². The second-order valence-electron chi connectivity index (χ2n) is 6.94. The molecule has 0 spiro atoms. The van der Waals surface area contributed by atoms with Crippen LogP contribution in [0.1, 0.15) is 39.6 Å². The van der Waals surface area contributed by atoms with Crippen LogP contribution in [0.4, 0.5) is 0 Å². The van der Waals surface area contributed by atoms with Crippen molar-refractivity contribution in [3.05, 3.63) is 34.4 Å². The molecule has 1 aliphatic rings. The minimum Gasteiger partial charge on any atom is -0.504 e. The third-order valence-corrected chi connectivity index (χ3v) is 4.20. The van der Waals surface area contributed by atoms with Crippen LogP contribution in [0, 0.1) is 11.8 Å². The summed E-state index contributed by atoms with van der Waals surface area (Å²) in [5.74, 6) is -0.781. The second-order valence-corrected chi connectivity index (χ2v) is 6.94. The van der Waals surface area contributed by atoms with Gasteiger partial charge in [0, 0.05) is 0 Å². The second kappa shape index (κ2) is 5.91. The van der Waals surface area contributed by atoms with Crippen LogP contribution < -0.4 is 10.9 Å². The summed E-state index contributed by atoms with van der Waals surface area (Å²) in [6.45, 7) is 7.60. The molecule has 3 rings (SSSR count). The number of rotatable bonds is 2. The molecular weight excluding hydrogens is 322 g/mol. The third kappa shape index (κ3) is 2.65. The maximum Gasteiger partial charge on any atom is 0.262 e. The summed E-state index contributed by atoms with van der Waals surface area (Å²) >= 11 is 0. The quantitative estimate of drug-likeness (QED) is 0.725. The fraction of sp³-hybridized carbons (Fsp3) is 0.389. The Morgan fingerprint density at radius 2 is 1.88 bits per heavy atom. The number of aromatic hydroxyl groups is 2. The first-order valence-electron chi connectivity index (χ1n) is 8.22. The largest absolute Gasteiger partial charge is 0.504 e. The van der Waals surface area contributed by atoms with Gasteiger partial charge in [-0.25, -0.2) is 4.98 Å². The van der Waals surface area contributed by atoms with E-state index in [1.165, 1.54) is 16.7 Å². The van der Waals surface area contributed by atoms with Crippen LogP contribution in [0.15, 0.2) is 23.0 Å². The Morgan fingerprint density at radius 1 is 1.20 bits per heavy atom. The van der Waals surface area contributed by atoms with Gasteiger partial charge in [-0.1, -0.05) is 33.8 Å². The Balaban J connectivity index is 2.45. The maximum absolute atomic E-state index is 13.1. The lowest BCUT2D eigenvalue weighted by molar-refractivity contribution is -0.125. The van der Waals surface area contributed by atoms with Crippen LogP contribution in [0.2, 0.25) is 0 Å². The molecule has 0 radical (unpaired) electrons. The first-order valence-corrected chi connectivity index (χ1v) is 8.22. The summed E-state index contributed by atoms with van der Waals surface area (Å²) < 4.78 is 1.39. The zero-order valence-corrected chi connectivity index (χ0v) is 14.6. The number of aromatic nitrogens is 2. The molecule has 2 aromatic rings. The monoisotopic (exact) mass is 343 g/mol. The van der Waals surface area contributed by atoms with Crippen molar-refractivity contribution in [2.75, 3.05) is 0 Å². The molecule has 3 N–H and O–H groups in total. The smallest absolute Gasteiger partial charge is 0.262 e. The van der Waals surface area contributed by atoms with Gasteiger partial charge in [0.25, 0.3) is 5.56 Å². The SMILES string of the molecule is CC(C)C=C1NC(=O)C(C(C)C)n2c1nc1c(O)c(O)ccc1c2=O. The van der Waals surface area contributed by atoms with E-state index in [0.29, 0.717) is 5.70 Å². The first kappa shape index (κ1) is 17.0. The molecule has 2 heterocycles. The van der Waals surface area contributed by atoms with Gasteiger partial charge in [-0.2, -0.15) is 0 Å². The van der Waals surface area contributed by atoms with Crippen molar-refractivity contribution in [3.8, 4) is 11.5 Å². The number of phenols is 2. The van der Waals surface area contributed by atoms with Crippen LogP contribution in [-0.4, -0.2) is 25.7 Å². The van der Waals surface area contributed by atoms with Crippen molar-refractivity contribution in [3.63, 3.8) is 0 Å². The van der Waals surface area contributed by atoms with Crippen molar-refractivity contribution in [2.45, 2.75) is 33.7 Å². The van der Waals surface area contributed by atoms with E-state index >= 15 is 0 Å². The molecule has 25 heavy (non-hydrogen) atoms. The minimum absolute atomic E-state index is 0.0181. The molecule has 1 aromatic carbocycles. The highest BCUT2D eigenvalue weighted by Crippen LogP contribution is 2.34. The molecule has 132 valence electrons. The van der Waals surface area contributed by atoms with E-state index in [1.807, 2.05) is 27.7 Å². The highest BCUT2D eigenvalue weighted by molar-refractivity contribution is 5.94. The van der Waals surface area contributed by atoms with Gasteiger partial charge in [0.2, 0.25) is 5.91 Å². The number of benzene rings is 1. The normalized spacial score (nSPS) is 18.9. The number of allylic oxidation sites excluding steroid dienone is 1. The van der Waals surface area contributed by atoms with Crippen molar-refractivity contribution in [2.24, 2.45) is 11.8 Å². The number of fused-ring (bicyclic) bond motifs is 2. The van der Waals surface area contributed by atoms with E-state index in [9.17, 15) is 19.8 Å². The van der Waals surface area contributed by atoms with E-state index in [-0.39, 0.29) is 40.2 Å². The molecule has 1 atom stereocenters. The number of hydrogen-bond donors (Lipinski definition) is 3. The Labute approximate surface area is 144 Å². The predicted octanol–water partition coefficient (Wildman–Crippen LogP) is 2.13. The third-order valence-electron chi connectivity index (χ3n) is 4.20. The fourth-order valence-electron chi connectivity index (χ4n) is 3.12. The summed E-state index contributed by atoms with van der Waals surface area (Å²) in [6, 6.07) is 1.95. The summed E-state index contributed by atoms with van der Waals surface area (Å²) in [6.07, 6.45) is 1.80. The Morgan fingerprint density at radius 3 is 2.48 bits per heavy atom. The van der Waals surface area contributed by atoms with Crippen molar-refractivity contribution < 1.29 is 15.0 Å². The van der Waals surface area contributed by atoms with Crippen LogP contribution >= 0.6 is 0 Å². The summed E-state index contributed by atoms with van der Waals surface area (Å²) in [5.41, 5.74) is 0.0294. The van der Waals surface area contributed by atoms with Gasteiger partial charge in [-0.3, -0.25) is 14.2 Å². The lowest BCUT2D eigenvalue weighted by Crippen LogP contribution is -2.46. The van der Waals surface area contributed by atoms with Crippen molar-refractivity contribution in [1.82, 2.24) is 14.9 Å². The van der Waals surface area contributed by atoms with Gasteiger partial charge in [0.1, 0.15) is 11.6 Å². The van der Waals surface area contributed by atoms with E-state index in [2.05, 4.69) is 10.3 Å². The molecule has 0 saturated heterocycles. The lowest BCUT2D eigenvalue weighted by Gasteiger charge is -2.31. The molecule has 1 aliphatic heterocycles. The topological polar surface area (TPSA) is 104 Å². The van der Waals surface area contributed by atoms with E-state index in [1.54, 1.807) is 6.08 Å². The molecule has 0 saturated carbocycles. The van der Waals surface area contributed by atoms with Crippen molar-refractivity contribution >= 4 is 22.5 Å². The number of hydrogen-bond acceptors (Lipinski definition) is 5. The summed E-state index contributed by atoms with van der Waals surface area (Å²) in [5, 5.41) is 22.8. The predicted molar refractivity (Wildman–Crippen MR) is 94.2 cm³/mol. The molecule has 7 nitrogen and oxygen atoms in total. The number of amides is 1. The van der Waals surface area contributed by atoms with Gasteiger partial charge in [0.05, 0.1) is 11.1 Å². The standard InChI is InChI=1S/C18H21N3O4/c1-8(2)7-11-16-20-13-10(5-6-12(22)15(13)23)18(25)21(16)14(9(3)4)17(24)19-11/h5-9,14,22-23H,1-4H3,(H,19,24). The number of phenolic OH excluding ortho intramolecular Hbond substituents is 2. The van der Waals surface area contributed by atoms with Gasteiger partial charge in [-0.05, 0) is 24.0 Å². The van der Waals surface area contributed by atoms with E-state index < -0.39 is 17.4 Å². The van der Waals surface area contributed by atoms with Gasteiger partial charge in [-0.15, -0.1) is 0 Å². The number of nitrogens with one attached hydrogen (secondary N) is 1. The highest BCUT2D eigenvalue weighted by atomic mass is 16.3. The Bertz CT molecular complexity index is 957. The zero-order valence-electron chi connectivity index (χ0n) is 14.6. The van der Waals surface area contributed by atoms with Gasteiger partial charge in [0.15, 0.2) is 17.3 Å². The molecule has 1 amide bonds. The zero-order chi connectivity index (χ0) is 18.5. The lowest BCUT2D eigenvalue weighted by atomic mass is 9.99. The van der Waals surface area contributed by atoms with E-state index in [0.717, 1.165) is 0 Å². The Hall–Kier alpha value is -2.83. The first-order chi connectivity index (χ1) is 11.7. The van der Waals surface area contributed by atoms with E-state index in [4.69, 9.17) is 0 Å². The molecule has 7 heteroatoms. The molecular formula is C18H21N3O4. The maximum atomic E-state index is 13.1. The molecule has 0 bridgehead atoms. The Kier molecular flexibility index (Phi) is 4.02. The highest BCUT2D eigenvalue weighted by Gasteiger charge is 2.35. The summed E-state index contributed by atoms with van der Waals surface area (Å²) in [4.78, 5) is 30.0. The molecule has 1 aromatic heterocycles. The number of nitrogens with zero attached hydrogens (tertiary/aromatic N) is 2.